The van der Waals surface area contributed by atoms with E-state index in [2.05, 4.69) is 15.7 Å². The highest BCUT2D eigenvalue weighted by Crippen LogP contribution is 2.24. The number of nitrogens with zero attached hydrogens (tertiary/aromatic N) is 2. The van der Waals surface area contributed by atoms with Gasteiger partial charge in [-0.05, 0) is 37.6 Å². The smallest absolute Gasteiger partial charge is 0.276 e. The van der Waals surface area contributed by atoms with Gasteiger partial charge in [-0.15, -0.1) is 0 Å². The second-order valence-corrected chi connectivity index (χ2v) is 6.20. The molecule has 2 aromatic rings. The van der Waals surface area contributed by atoms with Gasteiger partial charge < -0.3 is 21.1 Å². The Morgan fingerprint density at radius 1 is 1.35 bits per heavy atom. The van der Waals surface area contributed by atoms with Crippen LogP contribution in [0, 0.1) is 0 Å². The van der Waals surface area contributed by atoms with E-state index in [9.17, 15) is 9.59 Å². The molecule has 138 valence electrons. The number of hydrogen-bond acceptors (Lipinski definition) is 5. The molecule has 0 saturated carbocycles. The van der Waals surface area contributed by atoms with Crippen LogP contribution in [0.2, 0.25) is 0 Å². The van der Waals surface area contributed by atoms with E-state index in [0.29, 0.717) is 17.1 Å². The SMILES string of the molecule is NC(=O)CCOc1ccccc1NC(=O)c1ccn(C2CCCNC2)n1. The monoisotopic (exact) mass is 357 g/mol. The van der Waals surface area contributed by atoms with Crippen LogP contribution in [0.3, 0.4) is 0 Å². The molecule has 2 amide bonds. The van der Waals surface area contributed by atoms with E-state index in [-0.39, 0.29) is 25.0 Å². The van der Waals surface area contributed by atoms with Crippen molar-refractivity contribution in [2.24, 2.45) is 5.73 Å². The lowest BCUT2D eigenvalue weighted by Crippen LogP contribution is -2.32. The number of nitrogens with two attached hydrogens (primary N) is 1. The number of carbonyl (C=O) groups excluding carboxylic acids is 2. The number of anilines is 1. The van der Waals surface area contributed by atoms with E-state index in [1.54, 1.807) is 30.3 Å². The normalized spacial score (nSPS) is 16.8. The molecule has 1 unspecified atom stereocenters. The molecule has 8 nitrogen and oxygen atoms in total. The Hall–Kier alpha value is -2.87. The summed E-state index contributed by atoms with van der Waals surface area (Å²) in [5.41, 5.74) is 5.98. The first-order valence-electron chi connectivity index (χ1n) is 8.71. The average molecular weight is 357 g/mol. The van der Waals surface area contributed by atoms with Gasteiger partial charge in [0, 0.05) is 12.7 Å². The molecule has 0 aliphatic carbocycles. The van der Waals surface area contributed by atoms with Crippen LogP contribution >= 0.6 is 0 Å². The highest BCUT2D eigenvalue weighted by molar-refractivity contribution is 6.03. The van der Waals surface area contributed by atoms with Crippen molar-refractivity contribution >= 4 is 17.5 Å². The molecule has 8 heteroatoms. The van der Waals surface area contributed by atoms with Crippen molar-refractivity contribution in [3.05, 3.63) is 42.2 Å². The molecule has 1 aromatic carbocycles. The number of primary amides is 1. The van der Waals surface area contributed by atoms with Gasteiger partial charge in [-0.3, -0.25) is 14.3 Å². The minimum absolute atomic E-state index is 0.113. The molecule has 1 atom stereocenters. The standard InChI is InChI=1S/C18H23N5O3/c19-17(24)8-11-26-16-6-2-1-5-14(16)21-18(25)15-7-10-23(22-15)13-4-3-9-20-12-13/h1-2,5-7,10,13,20H,3-4,8-9,11-12H2,(H2,19,24)(H,21,25). The number of para-hydroxylation sites is 2. The predicted molar refractivity (Wildman–Crippen MR) is 97.1 cm³/mol. The summed E-state index contributed by atoms with van der Waals surface area (Å²) >= 11 is 0. The number of piperidine rings is 1. The van der Waals surface area contributed by atoms with Crippen LogP contribution in [0.25, 0.3) is 0 Å². The number of nitrogens with one attached hydrogen (secondary N) is 2. The lowest BCUT2D eigenvalue weighted by atomic mass is 10.1. The van der Waals surface area contributed by atoms with Crippen LogP contribution in [-0.4, -0.2) is 41.3 Å². The molecule has 4 N–H and O–H groups in total. The van der Waals surface area contributed by atoms with Gasteiger partial charge in [0.05, 0.1) is 24.8 Å². The molecule has 2 heterocycles. The van der Waals surface area contributed by atoms with Crippen molar-refractivity contribution in [1.82, 2.24) is 15.1 Å². The van der Waals surface area contributed by atoms with Crippen LogP contribution in [0.1, 0.15) is 35.8 Å². The quantitative estimate of drug-likeness (QED) is 0.692. The molecule has 3 rings (SSSR count). The Balaban J connectivity index is 1.64. The van der Waals surface area contributed by atoms with E-state index in [1.165, 1.54) is 0 Å². The zero-order chi connectivity index (χ0) is 18.4. The van der Waals surface area contributed by atoms with Crippen molar-refractivity contribution in [3.63, 3.8) is 0 Å². The number of ether oxygens (including phenoxy) is 1. The fraction of sp³-hybridized carbons (Fsp3) is 0.389. The van der Waals surface area contributed by atoms with Gasteiger partial charge in [0.15, 0.2) is 5.69 Å². The third-order valence-corrected chi connectivity index (χ3v) is 4.23. The van der Waals surface area contributed by atoms with Crippen molar-refractivity contribution < 1.29 is 14.3 Å². The maximum Gasteiger partial charge on any atom is 0.276 e. The molecule has 0 spiro atoms. The summed E-state index contributed by atoms with van der Waals surface area (Å²) in [6.07, 6.45) is 4.10. The predicted octanol–water partition coefficient (Wildman–Crippen LogP) is 1.31. The Morgan fingerprint density at radius 3 is 2.96 bits per heavy atom. The molecular formula is C18H23N5O3. The molecule has 1 saturated heterocycles. The number of rotatable bonds is 7. The molecule has 0 bridgehead atoms. The van der Waals surface area contributed by atoms with E-state index in [1.807, 2.05) is 10.9 Å². The molecule has 26 heavy (non-hydrogen) atoms. The second kappa shape index (κ2) is 8.48. The van der Waals surface area contributed by atoms with Gasteiger partial charge in [-0.25, -0.2) is 0 Å². The molecule has 1 fully saturated rings. The van der Waals surface area contributed by atoms with Crippen LogP contribution < -0.4 is 21.1 Å². The first kappa shape index (κ1) is 17.9. The van der Waals surface area contributed by atoms with Crippen molar-refractivity contribution in [1.29, 1.82) is 0 Å². The summed E-state index contributed by atoms with van der Waals surface area (Å²) in [6.45, 7) is 2.04. The molecule has 1 aliphatic heterocycles. The zero-order valence-electron chi connectivity index (χ0n) is 14.5. The van der Waals surface area contributed by atoms with E-state index in [4.69, 9.17) is 10.5 Å². The third-order valence-electron chi connectivity index (χ3n) is 4.23. The minimum Gasteiger partial charge on any atom is -0.491 e. The summed E-state index contributed by atoms with van der Waals surface area (Å²) in [5, 5.41) is 10.6. The van der Waals surface area contributed by atoms with Crippen molar-refractivity contribution in [2.75, 3.05) is 25.0 Å². The summed E-state index contributed by atoms with van der Waals surface area (Å²) < 4.78 is 7.38. The molecule has 0 radical (unpaired) electrons. The first-order valence-corrected chi connectivity index (χ1v) is 8.71. The summed E-state index contributed by atoms with van der Waals surface area (Å²) in [7, 11) is 0. The number of benzene rings is 1. The highest BCUT2D eigenvalue weighted by Gasteiger charge is 2.18. The Kier molecular flexibility index (Phi) is 5.85. The maximum atomic E-state index is 12.5. The Labute approximate surface area is 151 Å². The van der Waals surface area contributed by atoms with Crippen LogP contribution in [0.4, 0.5) is 5.69 Å². The summed E-state index contributed by atoms with van der Waals surface area (Å²) in [4.78, 5) is 23.3. The summed E-state index contributed by atoms with van der Waals surface area (Å²) in [5.74, 6) is -0.259. The minimum atomic E-state index is -0.436. The van der Waals surface area contributed by atoms with Gasteiger partial charge in [-0.2, -0.15) is 5.10 Å². The highest BCUT2D eigenvalue weighted by atomic mass is 16.5. The zero-order valence-corrected chi connectivity index (χ0v) is 14.5. The number of aromatic nitrogens is 2. The second-order valence-electron chi connectivity index (χ2n) is 6.20. The average Bonchev–Trinajstić information content (AvgIpc) is 3.14. The van der Waals surface area contributed by atoms with E-state index < -0.39 is 5.91 Å². The third kappa shape index (κ3) is 4.60. The number of amides is 2. The lowest BCUT2D eigenvalue weighted by Gasteiger charge is -2.22. The summed E-state index contributed by atoms with van der Waals surface area (Å²) in [6, 6.07) is 9.03. The Morgan fingerprint density at radius 2 is 2.19 bits per heavy atom. The fourth-order valence-electron chi connectivity index (χ4n) is 2.87. The fourth-order valence-corrected chi connectivity index (χ4v) is 2.87. The molecule has 1 aliphatic rings. The van der Waals surface area contributed by atoms with Crippen LogP contribution in [0.5, 0.6) is 5.75 Å². The van der Waals surface area contributed by atoms with Crippen molar-refractivity contribution in [3.8, 4) is 5.75 Å². The molecular weight excluding hydrogens is 334 g/mol. The first-order chi connectivity index (χ1) is 12.6. The van der Waals surface area contributed by atoms with Gasteiger partial charge in [0.1, 0.15) is 5.75 Å². The van der Waals surface area contributed by atoms with Gasteiger partial charge >= 0.3 is 0 Å². The lowest BCUT2D eigenvalue weighted by molar-refractivity contribution is -0.118. The van der Waals surface area contributed by atoms with Gasteiger partial charge in [0.2, 0.25) is 5.91 Å². The maximum absolute atomic E-state index is 12.5. The van der Waals surface area contributed by atoms with E-state index >= 15 is 0 Å². The van der Waals surface area contributed by atoms with E-state index in [0.717, 1.165) is 25.9 Å². The number of hydrogen-bond donors (Lipinski definition) is 3. The topological polar surface area (TPSA) is 111 Å². The van der Waals surface area contributed by atoms with Gasteiger partial charge in [-0.1, -0.05) is 12.1 Å². The number of carbonyl (C=O) groups is 2. The molecule has 1 aromatic heterocycles. The van der Waals surface area contributed by atoms with Crippen LogP contribution in [0.15, 0.2) is 36.5 Å². The largest absolute Gasteiger partial charge is 0.491 e. The van der Waals surface area contributed by atoms with Crippen LogP contribution in [-0.2, 0) is 4.79 Å². The van der Waals surface area contributed by atoms with Gasteiger partial charge in [0.25, 0.3) is 5.91 Å². The Bertz CT molecular complexity index is 768. The van der Waals surface area contributed by atoms with Crippen molar-refractivity contribution in [2.45, 2.75) is 25.3 Å².